The lowest BCUT2D eigenvalue weighted by atomic mass is 10.2. The number of ether oxygens (including phenoxy) is 1. The number of likely N-dealkylation sites (N-methyl/N-ethyl adjacent to an activating group) is 1. The molecular formula is C26H26N6O2. The van der Waals surface area contributed by atoms with Crippen LogP contribution in [0.4, 0.5) is 17.2 Å². The van der Waals surface area contributed by atoms with Gasteiger partial charge in [-0.1, -0.05) is 12.1 Å². The van der Waals surface area contributed by atoms with Crippen molar-refractivity contribution in [2.45, 2.75) is 0 Å². The lowest BCUT2D eigenvalue weighted by molar-refractivity contribution is -0.114. The van der Waals surface area contributed by atoms with E-state index in [0.29, 0.717) is 11.6 Å². The Bertz CT molecular complexity index is 1270. The van der Waals surface area contributed by atoms with Crippen LogP contribution in [-0.2, 0) is 9.53 Å². The zero-order valence-electron chi connectivity index (χ0n) is 19.0. The standard InChI is InChI=1S/C26H26N6O2/c1-31(18-24(33)28-20-8-10-21(11-9-20)32-13-15-34-16-14-32)26-22-6-2-3-7-23(22)29-25(30-26)19-5-4-12-27-17-19/h2-12,17H,13-16,18H2,1H3,(H,28,33). The predicted octanol–water partition coefficient (Wildman–Crippen LogP) is 3.60. The van der Waals surface area contributed by atoms with Gasteiger partial charge in [0.15, 0.2) is 5.82 Å². The molecule has 172 valence electrons. The average Bonchev–Trinajstić information content (AvgIpc) is 2.89. The van der Waals surface area contributed by atoms with Crippen LogP contribution in [0.3, 0.4) is 0 Å². The Labute approximate surface area is 198 Å². The largest absolute Gasteiger partial charge is 0.378 e. The van der Waals surface area contributed by atoms with Gasteiger partial charge in [-0.25, -0.2) is 9.97 Å². The monoisotopic (exact) mass is 454 g/mol. The molecule has 0 spiro atoms. The topological polar surface area (TPSA) is 83.5 Å². The second kappa shape index (κ2) is 9.84. The van der Waals surface area contributed by atoms with Crippen molar-refractivity contribution in [2.75, 3.05) is 55.0 Å². The normalized spacial score (nSPS) is 13.6. The van der Waals surface area contributed by atoms with E-state index >= 15 is 0 Å². The Balaban J connectivity index is 1.32. The number of fused-ring (bicyclic) bond motifs is 1. The Morgan fingerprint density at radius 3 is 2.59 bits per heavy atom. The van der Waals surface area contributed by atoms with E-state index in [2.05, 4.69) is 15.2 Å². The van der Waals surface area contributed by atoms with Gasteiger partial charge in [0, 0.05) is 54.9 Å². The fourth-order valence-corrected chi connectivity index (χ4v) is 4.04. The molecule has 0 atom stereocenters. The molecular weight excluding hydrogens is 428 g/mol. The molecule has 1 amide bonds. The molecule has 1 N–H and O–H groups in total. The first-order valence-corrected chi connectivity index (χ1v) is 11.3. The average molecular weight is 455 g/mol. The minimum absolute atomic E-state index is 0.118. The molecule has 2 aromatic heterocycles. The summed E-state index contributed by atoms with van der Waals surface area (Å²) in [5.74, 6) is 1.15. The minimum Gasteiger partial charge on any atom is -0.378 e. The summed E-state index contributed by atoms with van der Waals surface area (Å²) in [6.07, 6.45) is 3.45. The van der Waals surface area contributed by atoms with Gasteiger partial charge >= 0.3 is 0 Å². The Morgan fingerprint density at radius 2 is 1.82 bits per heavy atom. The van der Waals surface area contributed by atoms with Crippen LogP contribution >= 0.6 is 0 Å². The third kappa shape index (κ3) is 4.82. The van der Waals surface area contributed by atoms with E-state index in [1.165, 1.54) is 0 Å². The second-order valence-electron chi connectivity index (χ2n) is 8.18. The van der Waals surface area contributed by atoms with Gasteiger partial charge < -0.3 is 19.9 Å². The molecule has 0 saturated carbocycles. The van der Waals surface area contributed by atoms with Crippen molar-refractivity contribution >= 4 is 34.0 Å². The maximum absolute atomic E-state index is 12.8. The van der Waals surface area contributed by atoms with Gasteiger partial charge in [-0.2, -0.15) is 0 Å². The van der Waals surface area contributed by atoms with Crippen molar-refractivity contribution < 1.29 is 9.53 Å². The molecule has 0 radical (unpaired) electrons. The number of hydrogen-bond acceptors (Lipinski definition) is 7. The number of morpholine rings is 1. The van der Waals surface area contributed by atoms with E-state index in [9.17, 15) is 4.79 Å². The van der Waals surface area contributed by atoms with Gasteiger partial charge in [0.25, 0.3) is 0 Å². The number of hydrogen-bond donors (Lipinski definition) is 1. The maximum Gasteiger partial charge on any atom is 0.243 e. The van der Waals surface area contributed by atoms with Crippen LogP contribution in [0.25, 0.3) is 22.3 Å². The van der Waals surface area contributed by atoms with E-state index in [4.69, 9.17) is 14.7 Å². The van der Waals surface area contributed by atoms with Crippen molar-refractivity contribution in [3.63, 3.8) is 0 Å². The molecule has 34 heavy (non-hydrogen) atoms. The van der Waals surface area contributed by atoms with Crippen LogP contribution in [0.1, 0.15) is 0 Å². The summed E-state index contributed by atoms with van der Waals surface area (Å²) in [7, 11) is 1.86. The van der Waals surface area contributed by atoms with Gasteiger partial charge in [0.1, 0.15) is 5.82 Å². The Hall–Kier alpha value is -4.04. The summed E-state index contributed by atoms with van der Waals surface area (Å²) in [5, 5.41) is 3.88. The minimum atomic E-state index is -0.118. The van der Waals surface area contributed by atoms with Gasteiger partial charge in [-0.15, -0.1) is 0 Å². The summed E-state index contributed by atoms with van der Waals surface area (Å²) in [6, 6.07) is 19.5. The molecule has 4 aromatic rings. The number of pyridine rings is 1. The van der Waals surface area contributed by atoms with Gasteiger partial charge in [0.2, 0.25) is 5.91 Å². The zero-order chi connectivity index (χ0) is 23.3. The van der Waals surface area contributed by atoms with Crippen molar-refractivity contribution in [2.24, 2.45) is 0 Å². The highest BCUT2D eigenvalue weighted by Gasteiger charge is 2.16. The number of anilines is 3. The lowest BCUT2D eigenvalue weighted by Crippen LogP contribution is -2.36. The van der Waals surface area contributed by atoms with E-state index in [1.54, 1.807) is 12.4 Å². The smallest absolute Gasteiger partial charge is 0.243 e. The number of nitrogens with one attached hydrogen (secondary N) is 1. The highest BCUT2D eigenvalue weighted by atomic mass is 16.5. The molecule has 2 aromatic carbocycles. The first-order chi connectivity index (χ1) is 16.7. The van der Waals surface area contributed by atoms with Crippen molar-refractivity contribution in [1.82, 2.24) is 15.0 Å². The molecule has 0 bridgehead atoms. The number of aromatic nitrogens is 3. The van der Waals surface area contributed by atoms with E-state index < -0.39 is 0 Å². The number of carbonyl (C=O) groups excluding carboxylic acids is 1. The molecule has 3 heterocycles. The fraction of sp³-hybridized carbons (Fsp3) is 0.231. The molecule has 1 fully saturated rings. The first-order valence-electron chi connectivity index (χ1n) is 11.3. The maximum atomic E-state index is 12.8. The SMILES string of the molecule is CN(CC(=O)Nc1ccc(N2CCOCC2)cc1)c1nc(-c2cccnc2)nc2ccccc12. The summed E-state index contributed by atoms with van der Waals surface area (Å²) in [6.45, 7) is 3.39. The van der Waals surface area contributed by atoms with Gasteiger partial charge in [0.05, 0.1) is 25.3 Å². The highest BCUT2D eigenvalue weighted by molar-refractivity contribution is 5.97. The van der Waals surface area contributed by atoms with Crippen LogP contribution in [0.2, 0.25) is 0 Å². The quantitative estimate of drug-likeness (QED) is 0.477. The van der Waals surface area contributed by atoms with Crippen LogP contribution in [0.5, 0.6) is 0 Å². The van der Waals surface area contributed by atoms with Crippen molar-refractivity contribution in [3.05, 3.63) is 73.1 Å². The zero-order valence-corrected chi connectivity index (χ0v) is 19.0. The van der Waals surface area contributed by atoms with Crippen LogP contribution in [-0.4, -0.2) is 60.8 Å². The summed E-state index contributed by atoms with van der Waals surface area (Å²) >= 11 is 0. The predicted molar refractivity (Wildman–Crippen MR) is 134 cm³/mol. The van der Waals surface area contributed by atoms with E-state index in [0.717, 1.165) is 54.1 Å². The lowest BCUT2D eigenvalue weighted by Gasteiger charge is -2.29. The van der Waals surface area contributed by atoms with Crippen molar-refractivity contribution in [3.8, 4) is 11.4 Å². The molecule has 8 nitrogen and oxygen atoms in total. The number of para-hydroxylation sites is 1. The highest BCUT2D eigenvalue weighted by Crippen LogP contribution is 2.27. The number of amides is 1. The van der Waals surface area contributed by atoms with Gasteiger partial charge in [-0.05, 0) is 48.5 Å². The summed E-state index contributed by atoms with van der Waals surface area (Å²) in [4.78, 5) is 30.6. The van der Waals surface area contributed by atoms with E-state index in [-0.39, 0.29) is 12.5 Å². The number of carbonyl (C=O) groups is 1. The van der Waals surface area contributed by atoms with Crippen LogP contribution < -0.4 is 15.1 Å². The van der Waals surface area contributed by atoms with Crippen LogP contribution in [0.15, 0.2) is 73.1 Å². The fourth-order valence-electron chi connectivity index (χ4n) is 4.04. The third-order valence-corrected chi connectivity index (χ3v) is 5.77. The second-order valence-corrected chi connectivity index (χ2v) is 8.18. The Morgan fingerprint density at radius 1 is 1.03 bits per heavy atom. The molecule has 5 rings (SSSR count). The molecule has 8 heteroatoms. The number of benzene rings is 2. The first kappa shape index (κ1) is 21.8. The molecule has 1 aliphatic heterocycles. The summed E-state index contributed by atoms with van der Waals surface area (Å²) < 4.78 is 5.41. The summed E-state index contributed by atoms with van der Waals surface area (Å²) in [5.41, 5.74) is 3.54. The van der Waals surface area contributed by atoms with Crippen molar-refractivity contribution in [1.29, 1.82) is 0 Å². The Kier molecular flexibility index (Phi) is 6.31. The van der Waals surface area contributed by atoms with Crippen LogP contribution in [0, 0.1) is 0 Å². The third-order valence-electron chi connectivity index (χ3n) is 5.77. The molecule has 0 unspecified atom stereocenters. The van der Waals surface area contributed by atoms with E-state index in [1.807, 2.05) is 72.6 Å². The molecule has 1 saturated heterocycles. The number of rotatable bonds is 6. The van der Waals surface area contributed by atoms with Gasteiger partial charge in [-0.3, -0.25) is 9.78 Å². The number of nitrogens with zero attached hydrogens (tertiary/aromatic N) is 5. The molecule has 0 aliphatic carbocycles. The molecule has 1 aliphatic rings.